The van der Waals surface area contributed by atoms with Crippen LogP contribution in [0.2, 0.25) is 0 Å². The monoisotopic (exact) mass is 327 g/mol. The van der Waals surface area contributed by atoms with Crippen LogP contribution in [0.1, 0.15) is 23.5 Å². The Hall–Kier alpha value is -0.980. The van der Waals surface area contributed by atoms with E-state index in [-0.39, 0.29) is 17.2 Å². The first kappa shape index (κ1) is 14.0. The van der Waals surface area contributed by atoms with E-state index in [0.29, 0.717) is 5.13 Å². The van der Waals surface area contributed by atoms with E-state index in [4.69, 9.17) is 11.6 Å². The summed E-state index contributed by atoms with van der Waals surface area (Å²) in [5.41, 5.74) is 1.87. The van der Waals surface area contributed by atoms with Crippen molar-refractivity contribution < 1.29 is 4.79 Å². The molecule has 2 aromatic heterocycles. The number of thiazole rings is 2. The summed E-state index contributed by atoms with van der Waals surface area (Å²) < 4.78 is 0. The summed E-state index contributed by atoms with van der Waals surface area (Å²) >= 11 is 8.97. The third-order valence-corrected chi connectivity index (χ3v) is 5.53. The maximum absolute atomic E-state index is 11.9. The van der Waals surface area contributed by atoms with E-state index in [0.717, 1.165) is 34.1 Å². The van der Waals surface area contributed by atoms with Crippen molar-refractivity contribution in [1.82, 2.24) is 9.97 Å². The van der Waals surface area contributed by atoms with Gasteiger partial charge in [-0.1, -0.05) is 0 Å². The molecule has 1 N–H and O–H groups in total. The standard InChI is InChI=1S/C13H14ClN3OS2/c1-6-11(20-7(2)15-6)10-5-19-13(16-10)17-12(18)8-3-9(14)4-8/h5,8-9H,3-4H2,1-2H3,(H,16,17,18). The van der Waals surface area contributed by atoms with E-state index in [1.165, 1.54) is 11.3 Å². The number of nitrogens with one attached hydrogen (secondary N) is 1. The van der Waals surface area contributed by atoms with E-state index in [1.807, 2.05) is 19.2 Å². The summed E-state index contributed by atoms with van der Waals surface area (Å²) in [5.74, 6) is 0.0669. The Morgan fingerprint density at radius 3 is 2.75 bits per heavy atom. The van der Waals surface area contributed by atoms with E-state index >= 15 is 0 Å². The summed E-state index contributed by atoms with van der Waals surface area (Å²) in [6, 6.07) is 0. The molecule has 0 unspecified atom stereocenters. The van der Waals surface area contributed by atoms with Gasteiger partial charge in [0.25, 0.3) is 0 Å². The number of rotatable bonds is 3. The Kier molecular flexibility index (Phi) is 3.79. The van der Waals surface area contributed by atoms with Crippen molar-refractivity contribution >= 4 is 45.3 Å². The van der Waals surface area contributed by atoms with Crippen molar-refractivity contribution in [3.8, 4) is 10.6 Å². The van der Waals surface area contributed by atoms with Gasteiger partial charge in [-0.25, -0.2) is 9.97 Å². The molecule has 1 amide bonds. The molecule has 106 valence electrons. The number of halogens is 1. The quantitative estimate of drug-likeness (QED) is 0.871. The highest BCUT2D eigenvalue weighted by atomic mass is 35.5. The molecular formula is C13H14ClN3OS2. The first-order valence-corrected chi connectivity index (χ1v) is 8.51. The van der Waals surface area contributed by atoms with E-state index < -0.39 is 0 Å². The maximum Gasteiger partial charge on any atom is 0.229 e. The molecule has 0 aromatic carbocycles. The van der Waals surface area contributed by atoms with Gasteiger partial charge in [-0.05, 0) is 26.7 Å². The van der Waals surface area contributed by atoms with Gasteiger partial charge in [-0.2, -0.15) is 0 Å². The van der Waals surface area contributed by atoms with Crippen LogP contribution >= 0.6 is 34.3 Å². The van der Waals surface area contributed by atoms with Gasteiger partial charge in [0.15, 0.2) is 5.13 Å². The van der Waals surface area contributed by atoms with Crippen LogP contribution in [-0.2, 0) is 4.79 Å². The van der Waals surface area contributed by atoms with Crippen molar-refractivity contribution in [2.45, 2.75) is 32.1 Å². The lowest BCUT2D eigenvalue weighted by molar-refractivity contribution is -0.122. The molecule has 0 radical (unpaired) electrons. The van der Waals surface area contributed by atoms with Gasteiger partial charge >= 0.3 is 0 Å². The lowest BCUT2D eigenvalue weighted by Crippen LogP contribution is -2.34. The topological polar surface area (TPSA) is 54.9 Å². The van der Waals surface area contributed by atoms with Gasteiger partial charge in [-0.3, -0.25) is 4.79 Å². The molecule has 1 fully saturated rings. The van der Waals surface area contributed by atoms with Crippen LogP contribution in [0.4, 0.5) is 5.13 Å². The molecular weight excluding hydrogens is 314 g/mol. The fourth-order valence-electron chi connectivity index (χ4n) is 2.17. The zero-order valence-electron chi connectivity index (χ0n) is 11.1. The highest BCUT2D eigenvalue weighted by molar-refractivity contribution is 7.16. The van der Waals surface area contributed by atoms with Crippen molar-refractivity contribution in [3.05, 3.63) is 16.1 Å². The van der Waals surface area contributed by atoms with Crippen molar-refractivity contribution in [3.63, 3.8) is 0 Å². The van der Waals surface area contributed by atoms with E-state index in [2.05, 4.69) is 15.3 Å². The number of carbonyl (C=O) groups is 1. The number of carbonyl (C=O) groups excluding carboxylic acids is 1. The van der Waals surface area contributed by atoms with Crippen molar-refractivity contribution in [2.75, 3.05) is 5.32 Å². The molecule has 4 nitrogen and oxygen atoms in total. The van der Waals surface area contributed by atoms with Crippen LogP contribution < -0.4 is 5.32 Å². The minimum Gasteiger partial charge on any atom is -0.302 e. The van der Waals surface area contributed by atoms with Gasteiger partial charge in [0.05, 0.1) is 21.3 Å². The average Bonchev–Trinajstić information content (AvgIpc) is 2.91. The van der Waals surface area contributed by atoms with Crippen LogP contribution in [0.25, 0.3) is 10.6 Å². The van der Waals surface area contributed by atoms with Gasteiger partial charge < -0.3 is 5.32 Å². The van der Waals surface area contributed by atoms with Crippen molar-refractivity contribution in [1.29, 1.82) is 0 Å². The lowest BCUT2D eigenvalue weighted by Gasteiger charge is -2.28. The molecule has 2 heterocycles. The fraction of sp³-hybridized carbons (Fsp3) is 0.462. The van der Waals surface area contributed by atoms with Crippen LogP contribution in [-0.4, -0.2) is 21.3 Å². The minimum atomic E-state index is 0.0278. The Morgan fingerprint density at radius 1 is 1.40 bits per heavy atom. The number of anilines is 1. The fourth-order valence-corrected chi connectivity index (χ4v) is 4.26. The number of nitrogens with zero attached hydrogens (tertiary/aromatic N) is 2. The zero-order chi connectivity index (χ0) is 14.3. The third kappa shape index (κ3) is 2.73. The van der Waals surface area contributed by atoms with E-state index in [9.17, 15) is 4.79 Å². The average molecular weight is 328 g/mol. The molecule has 0 atom stereocenters. The van der Waals surface area contributed by atoms with Crippen LogP contribution in [0.5, 0.6) is 0 Å². The Morgan fingerprint density at radius 2 is 2.15 bits per heavy atom. The summed E-state index contributed by atoms with van der Waals surface area (Å²) in [5, 5.41) is 6.66. The minimum absolute atomic E-state index is 0.0278. The molecule has 0 spiro atoms. The molecule has 2 aromatic rings. The third-order valence-electron chi connectivity index (χ3n) is 3.32. The Bertz CT molecular complexity index is 646. The number of hydrogen-bond acceptors (Lipinski definition) is 5. The van der Waals surface area contributed by atoms with Gasteiger partial charge in [0, 0.05) is 16.7 Å². The van der Waals surface area contributed by atoms with Crippen LogP contribution in [0.15, 0.2) is 5.38 Å². The normalized spacial score (nSPS) is 21.6. The Balaban J connectivity index is 1.71. The molecule has 7 heteroatoms. The smallest absolute Gasteiger partial charge is 0.229 e. The van der Waals surface area contributed by atoms with Gasteiger partial charge in [0.1, 0.15) is 0 Å². The molecule has 20 heavy (non-hydrogen) atoms. The zero-order valence-corrected chi connectivity index (χ0v) is 13.5. The predicted octanol–water partition coefficient (Wildman–Crippen LogP) is 3.84. The summed E-state index contributed by atoms with van der Waals surface area (Å²) in [7, 11) is 0. The SMILES string of the molecule is Cc1nc(C)c(-c2csc(NC(=O)C3CC(Cl)C3)n2)s1. The molecule has 1 saturated carbocycles. The first-order chi connectivity index (χ1) is 9.52. The number of amides is 1. The molecule has 0 aliphatic heterocycles. The van der Waals surface area contributed by atoms with Gasteiger partial charge in [0.2, 0.25) is 5.91 Å². The molecule has 1 aliphatic carbocycles. The molecule has 0 saturated heterocycles. The summed E-state index contributed by atoms with van der Waals surface area (Å²) in [6.07, 6.45) is 1.53. The highest BCUT2D eigenvalue weighted by Crippen LogP contribution is 2.35. The number of aryl methyl sites for hydroxylation is 2. The maximum atomic E-state index is 11.9. The molecule has 3 rings (SSSR count). The number of hydrogen-bond donors (Lipinski definition) is 1. The van der Waals surface area contributed by atoms with Gasteiger partial charge in [-0.15, -0.1) is 34.3 Å². The number of alkyl halides is 1. The van der Waals surface area contributed by atoms with Crippen LogP contribution in [0, 0.1) is 19.8 Å². The second-order valence-electron chi connectivity index (χ2n) is 4.94. The molecule has 1 aliphatic rings. The van der Waals surface area contributed by atoms with Crippen LogP contribution in [0.3, 0.4) is 0 Å². The van der Waals surface area contributed by atoms with E-state index in [1.54, 1.807) is 11.3 Å². The number of aromatic nitrogens is 2. The summed E-state index contributed by atoms with van der Waals surface area (Å²) in [4.78, 5) is 21.9. The second-order valence-corrected chi connectivity index (χ2v) is 7.62. The second kappa shape index (κ2) is 5.42. The predicted molar refractivity (Wildman–Crippen MR) is 83.7 cm³/mol. The lowest BCUT2D eigenvalue weighted by atomic mass is 9.84. The summed E-state index contributed by atoms with van der Waals surface area (Å²) in [6.45, 7) is 3.96. The highest BCUT2D eigenvalue weighted by Gasteiger charge is 2.33. The molecule has 0 bridgehead atoms. The largest absolute Gasteiger partial charge is 0.302 e. The Labute approximate surface area is 130 Å². The first-order valence-electron chi connectivity index (χ1n) is 6.38. The van der Waals surface area contributed by atoms with Crippen molar-refractivity contribution in [2.24, 2.45) is 5.92 Å².